The van der Waals surface area contributed by atoms with Gasteiger partial charge in [0.15, 0.2) is 0 Å². The van der Waals surface area contributed by atoms with Crippen LogP contribution in [0.25, 0.3) is 0 Å². The zero-order chi connectivity index (χ0) is 7.28. The van der Waals surface area contributed by atoms with E-state index in [0.29, 0.717) is 5.92 Å². The summed E-state index contributed by atoms with van der Waals surface area (Å²) in [6, 6.07) is 0. The molecule has 0 heterocycles. The molecule has 0 radical (unpaired) electrons. The van der Waals surface area contributed by atoms with Crippen molar-refractivity contribution >= 4 is 5.91 Å². The Morgan fingerprint density at radius 1 is 1.56 bits per heavy atom. The number of rotatable bonds is 3. The molecule has 0 unspecified atom stereocenters. The molecule has 0 rings (SSSR count). The van der Waals surface area contributed by atoms with E-state index >= 15 is 0 Å². The van der Waals surface area contributed by atoms with Crippen molar-refractivity contribution in [3.8, 4) is 0 Å². The van der Waals surface area contributed by atoms with E-state index in [0.717, 1.165) is 6.54 Å². The SMILES string of the molecule is CC(=O)NNCC(C)C. The number of hydrazine groups is 1. The van der Waals surface area contributed by atoms with Crippen LogP contribution in [0.4, 0.5) is 0 Å². The van der Waals surface area contributed by atoms with Gasteiger partial charge in [0.1, 0.15) is 0 Å². The van der Waals surface area contributed by atoms with Gasteiger partial charge in [-0.1, -0.05) is 13.8 Å². The first kappa shape index (κ1) is 8.43. The molecule has 54 valence electrons. The summed E-state index contributed by atoms with van der Waals surface area (Å²) in [7, 11) is 0. The van der Waals surface area contributed by atoms with Crippen LogP contribution in [0.2, 0.25) is 0 Å². The number of carbonyl (C=O) groups is 1. The number of nitrogens with one attached hydrogen (secondary N) is 2. The Balaban J connectivity index is 3.01. The van der Waals surface area contributed by atoms with Gasteiger partial charge in [-0.25, -0.2) is 5.43 Å². The minimum Gasteiger partial charge on any atom is -0.292 e. The first-order valence-electron chi connectivity index (χ1n) is 3.12. The summed E-state index contributed by atoms with van der Waals surface area (Å²) < 4.78 is 0. The van der Waals surface area contributed by atoms with Crippen LogP contribution < -0.4 is 10.9 Å². The van der Waals surface area contributed by atoms with E-state index in [1.54, 1.807) is 0 Å². The van der Waals surface area contributed by atoms with Crippen LogP contribution in [0.3, 0.4) is 0 Å². The molecule has 0 fully saturated rings. The Morgan fingerprint density at radius 3 is 2.44 bits per heavy atom. The third kappa shape index (κ3) is 7.43. The maximum Gasteiger partial charge on any atom is 0.230 e. The summed E-state index contributed by atoms with van der Waals surface area (Å²) in [5.41, 5.74) is 5.27. The van der Waals surface area contributed by atoms with Crippen LogP contribution in [0, 0.1) is 5.92 Å². The third-order valence-electron chi connectivity index (χ3n) is 0.775. The molecule has 0 aromatic carbocycles. The minimum absolute atomic E-state index is 0.0457. The first-order chi connectivity index (χ1) is 4.13. The van der Waals surface area contributed by atoms with E-state index < -0.39 is 0 Å². The molecule has 0 saturated heterocycles. The second kappa shape index (κ2) is 4.32. The van der Waals surface area contributed by atoms with Crippen LogP contribution in [-0.2, 0) is 4.79 Å². The molecule has 0 spiro atoms. The van der Waals surface area contributed by atoms with E-state index in [9.17, 15) is 4.79 Å². The zero-order valence-electron chi connectivity index (χ0n) is 6.19. The maximum absolute atomic E-state index is 10.3. The molecular weight excluding hydrogens is 116 g/mol. The van der Waals surface area contributed by atoms with Crippen molar-refractivity contribution < 1.29 is 4.79 Å². The lowest BCUT2D eigenvalue weighted by Crippen LogP contribution is -2.37. The summed E-state index contributed by atoms with van der Waals surface area (Å²) in [6.07, 6.45) is 0. The first-order valence-corrected chi connectivity index (χ1v) is 3.12. The predicted octanol–water partition coefficient (Wildman–Crippen LogP) is 0.283. The van der Waals surface area contributed by atoms with Crippen molar-refractivity contribution in [2.75, 3.05) is 6.54 Å². The third-order valence-corrected chi connectivity index (χ3v) is 0.775. The highest BCUT2D eigenvalue weighted by Gasteiger charge is 1.91. The quantitative estimate of drug-likeness (QED) is 0.539. The number of hydrogen-bond donors (Lipinski definition) is 2. The Labute approximate surface area is 55.8 Å². The van der Waals surface area contributed by atoms with E-state index in [-0.39, 0.29) is 5.91 Å². The Hall–Kier alpha value is -0.570. The average Bonchev–Trinajstić information content (AvgIpc) is 1.63. The topological polar surface area (TPSA) is 41.1 Å². The van der Waals surface area contributed by atoms with E-state index in [1.807, 2.05) is 0 Å². The van der Waals surface area contributed by atoms with Crippen molar-refractivity contribution in [2.45, 2.75) is 20.8 Å². The van der Waals surface area contributed by atoms with Gasteiger partial charge in [0.05, 0.1) is 0 Å². The number of hydrogen-bond acceptors (Lipinski definition) is 2. The highest BCUT2D eigenvalue weighted by Crippen LogP contribution is 1.84. The minimum atomic E-state index is -0.0457. The fraction of sp³-hybridized carbons (Fsp3) is 0.833. The smallest absolute Gasteiger partial charge is 0.230 e. The summed E-state index contributed by atoms with van der Waals surface area (Å²) >= 11 is 0. The van der Waals surface area contributed by atoms with Gasteiger partial charge < -0.3 is 0 Å². The Morgan fingerprint density at radius 2 is 2.11 bits per heavy atom. The largest absolute Gasteiger partial charge is 0.292 e. The van der Waals surface area contributed by atoms with E-state index in [2.05, 4.69) is 24.7 Å². The molecule has 1 amide bonds. The molecule has 0 aromatic heterocycles. The lowest BCUT2D eigenvalue weighted by atomic mass is 10.2. The molecule has 3 heteroatoms. The summed E-state index contributed by atoms with van der Waals surface area (Å²) in [6.45, 7) is 6.45. The van der Waals surface area contributed by atoms with Gasteiger partial charge in [0.25, 0.3) is 0 Å². The highest BCUT2D eigenvalue weighted by atomic mass is 16.2. The Bertz CT molecular complexity index is 91.1. The molecule has 0 aliphatic carbocycles. The number of amides is 1. The van der Waals surface area contributed by atoms with Crippen LogP contribution in [0.1, 0.15) is 20.8 Å². The molecule has 3 nitrogen and oxygen atoms in total. The standard InChI is InChI=1S/C6H14N2O/c1-5(2)4-7-8-6(3)9/h5,7H,4H2,1-3H3,(H,8,9). The second-order valence-electron chi connectivity index (χ2n) is 2.46. The summed E-state index contributed by atoms with van der Waals surface area (Å²) in [4.78, 5) is 10.3. The summed E-state index contributed by atoms with van der Waals surface area (Å²) in [5.74, 6) is 0.521. The molecule has 2 N–H and O–H groups in total. The van der Waals surface area contributed by atoms with Crippen molar-refractivity contribution in [2.24, 2.45) is 5.92 Å². The van der Waals surface area contributed by atoms with E-state index in [1.165, 1.54) is 6.92 Å². The maximum atomic E-state index is 10.3. The van der Waals surface area contributed by atoms with Gasteiger partial charge in [-0.05, 0) is 5.92 Å². The van der Waals surface area contributed by atoms with E-state index in [4.69, 9.17) is 0 Å². The average molecular weight is 130 g/mol. The fourth-order valence-electron chi connectivity index (χ4n) is 0.380. The zero-order valence-corrected chi connectivity index (χ0v) is 6.19. The van der Waals surface area contributed by atoms with Gasteiger partial charge in [-0.2, -0.15) is 0 Å². The van der Waals surface area contributed by atoms with Crippen molar-refractivity contribution in [1.82, 2.24) is 10.9 Å². The van der Waals surface area contributed by atoms with Gasteiger partial charge >= 0.3 is 0 Å². The molecule has 0 saturated carbocycles. The molecule has 0 aliphatic heterocycles. The van der Waals surface area contributed by atoms with Crippen LogP contribution >= 0.6 is 0 Å². The molecular formula is C6H14N2O. The van der Waals surface area contributed by atoms with Gasteiger partial charge in [-0.15, -0.1) is 0 Å². The van der Waals surface area contributed by atoms with Crippen molar-refractivity contribution in [1.29, 1.82) is 0 Å². The summed E-state index contributed by atoms with van der Waals surface area (Å²) in [5, 5.41) is 0. The monoisotopic (exact) mass is 130 g/mol. The molecule has 0 aromatic rings. The van der Waals surface area contributed by atoms with Gasteiger partial charge in [-0.3, -0.25) is 10.2 Å². The Kier molecular flexibility index (Phi) is 4.05. The van der Waals surface area contributed by atoms with Crippen molar-refractivity contribution in [3.63, 3.8) is 0 Å². The van der Waals surface area contributed by atoms with Crippen LogP contribution in [-0.4, -0.2) is 12.5 Å². The molecule has 0 aliphatic rings. The normalized spacial score (nSPS) is 9.78. The van der Waals surface area contributed by atoms with Crippen LogP contribution in [0.15, 0.2) is 0 Å². The lowest BCUT2D eigenvalue weighted by molar-refractivity contribution is -0.119. The number of carbonyl (C=O) groups excluding carboxylic acids is 1. The molecule has 9 heavy (non-hydrogen) atoms. The van der Waals surface area contributed by atoms with Crippen molar-refractivity contribution in [3.05, 3.63) is 0 Å². The molecule has 0 bridgehead atoms. The predicted molar refractivity (Wildman–Crippen MR) is 36.7 cm³/mol. The highest BCUT2D eigenvalue weighted by molar-refractivity contribution is 5.72. The van der Waals surface area contributed by atoms with Crippen LogP contribution in [0.5, 0.6) is 0 Å². The fourth-order valence-corrected chi connectivity index (χ4v) is 0.380. The van der Waals surface area contributed by atoms with Gasteiger partial charge in [0.2, 0.25) is 5.91 Å². The molecule has 0 atom stereocenters. The second-order valence-corrected chi connectivity index (χ2v) is 2.46. The lowest BCUT2D eigenvalue weighted by Gasteiger charge is -2.05. The van der Waals surface area contributed by atoms with Gasteiger partial charge in [0, 0.05) is 13.5 Å².